The quantitative estimate of drug-likeness (QED) is 0.467. The molecule has 1 rings (SSSR count). The molecule has 0 aromatic heterocycles. The molecule has 0 heterocycles. The first-order valence-electron chi connectivity index (χ1n) is 5.04. The minimum atomic E-state index is -0.137. The standard InChI is InChI=1S/C12H16N2OS/c1-3-7-14-12(15)9(2)16-11-6-4-5-10(13)8-11/h3-6,8-9H,1,7,13H2,2H3,(H,14,15). The van der Waals surface area contributed by atoms with E-state index in [9.17, 15) is 4.79 Å². The summed E-state index contributed by atoms with van der Waals surface area (Å²) in [4.78, 5) is 12.6. The Morgan fingerprint density at radius 3 is 3.06 bits per heavy atom. The maximum absolute atomic E-state index is 11.6. The van der Waals surface area contributed by atoms with E-state index in [0.717, 1.165) is 4.90 Å². The molecule has 86 valence electrons. The van der Waals surface area contributed by atoms with Crippen LogP contribution in [0.15, 0.2) is 41.8 Å². The number of hydrogen-bond donors (Lipinski definition) is 2. The monoisotopic (exact) mass is 236 g/mol. The van der Waals surface area contributed by atoms with Crippen molar-refractivity contribution in [2.75, 3.05) is 12.3 Å². The highest BCUT2D eigenvalue weighted by molar-refractivity contribution is 8.00. The van der Waals surface area contributed by atoms with Crippen LogP contribution in [0.3, 0.4) is 0 Å². The number of carbonyl (C=O) groups is 1. The van der Waals surface area contributed by atoms with E-state index in [1.165, 1.54) is 11.8 Å². The van der Waals surface area contributed by atoms with Crippen molar-refractivity contribution in [1.29, 1.82) is 0 Å². The number of benzene rings is 1. The first-order valence-corrected chi connectivity index (χ1v) is 5.92. The maximum atomic E-state index is 11.6. The molecule has 3 nitrogen and oxygen atoms in total. The molecule has 0 bridgehead atoms. The lowest BCUT2D eigenvalue weighted by atomic mass is 10.3. The Labute approximate surface area is 100 Å². The Hall–Kier alpha value is -1.42. The molecule has 3 N–H and O–H groups in total. The summed E-state index contributed by atoms with van der Waals surface area (Å²) in [6.07, 6.45) is 1.66. The van der Waals surface area contributed by atoms with E-state index < -0.39 is 0 Å². The zero-order valence-corrected chi connectivity index (χ0v) is 10.1. The van der Waals surface area contributed by atoms with E-state index in [-0.39, 0.29) is 11.2 Å². The SMILES string of the molecule is C=CCNC(=O)C(C)Sc1cccc(N)c1. The molecule has 0 aliphatic rings. The lowest BCUT2D eigenvalue weighted by Crippen LogP contribution is -2.30. The van der Waals surface area contributed by atoms with Crippen molar-refractivity contribution < 1.29 is 4.79 Å². The van der Waals surface area contributed by atoms with Gasteiger partial charge in [0.15, 0.2) is 0 Å². The van der Waals surface area contributed by atoms with Gasteiger partial charge >= 0.3 is 0 Å². The van der Waals surface area contributed by atoms with Gasteiger partial charge in [-0.3, -0.25) is 4.79 Å². The first kappa shape index (κ1) is 12.6. The van der Waals surface area contributed by atoms with Gasteiger partial charge in [-0.1, -0.05) is 12.1 Å². The molecule has 0 radical (unpaired) electrons. The summed E-state index contributed by atoms with van der Waals surface area (Å²) in [5, 5.41) is 2.62. The summed E-state index contributed by atoms with van der Waals surface area (Å²) in [5.41, 5.74) is 6.38. The van der Waals surface area contributed by atoms with Gasteiger partial charge in [0.2, 0.25) is 5.91 Å². The van der Waals surface area contributed by atoms with Crippen molar-refractivity contribution in [2.24, 2.45) is 0 Å². The third-order valence-corrected chi connectivity index (χ3v) is 3.05. The molecule has 0 aliphatic carbocycles. The number of nitrogens with one attached hydrogen (secondary N) is 1. The number of anilines is 1. The van der Waals surface area contributed by atoms with E-state index in [4.69, 9.17) is 5.73 Å². The van der Waals surface area contributed by atoms with Crippen molar-refractivity contribution >= 4 is 23.4 Å². The van der Waals surface area contributed by atoms with E-state index in [1.54, 1.807) is 6.08 Å². The van der Waals surface area contributed by atoms with Crippen LogP contribution in [-0.4, -0.2) is 17.7 Å². The van der Waals surface area contributed by atoms with Crippen LogP contribution >= 0.6 is 11.8 Å². The Kier molecular flexibility index (Phi) is 4.92. The molecule has 0 aliphatic heterocycles. The fraction of sp³-hybridized carbons (Fsp3) is 0.250. The molecule has 0 spiro atoms. The Bertz CT molecular complexity index is 379. The lowest BCUT2D eigenvalue weighted by molar-refractivity contribution is -0.120. The van der Waals surface area contributed by atoms with Gasteiger partial charge < -0.3 is 11.1 Å². The van der Waals surface area contributed by atoms with Crippen LogP contribution in [0.2, 0.25) is 0 Å². The van der Waals surface area contributed by atoms with Crippen LogP contribution in [0.1, 0.15) is 6.92 Å². The van der Waals surface area contributed by atoms with Crippen molar-refractivity contribution in [2.45, 2.75) is 17.1 Å². The van der Waals surface area contributed by atoms with Crippen LogP contribution in [0.4, 0.5) is 5.69 Å². The zero-order chi connectivity index (χ0) is 12.0. The topological polar surface area (TPSA) is 55.1 Å². The summed E-state index contributed by atoms with van der Waals surface area (Å²) in [5.74, 6) is 0.00678. The van der Waals surface area contributed by atoms with Crippen LogP contribution in [-0.2, 0) is 4.79 Å². The second-order valence-corrected chi connectivity index (χ2v) is 4.78. The third kappa shape index (κ3) is 3.98. The predicted molar refractivity (Wildman–Crippen MR) is 69.4 cm³/mol. The Balaban J connectivity index is 2.53. The van der Waals surface area contributed by atoms with Crippen LogP contribution in [0, 0.1) is 0 Å². The highest BCUT2D eigenvalue weighted by Gasteiger charge is 2.13. The summed E-state index contributed by atoms with van der Waals surface area (Å²) >= 11 is 1.49. The molecule has 1 aromatic carbocycles. The van der Waals surface area contributed by atoms with Crippen LogP contribution in [0.25, 0.3) is 0 Å². The lowest BCUT2D eigenvalue weighted by Gasteiger charge is -2.11. The van der Waals surface area contributed by atoms with Gasteiger partial charge in [-0.15, -0.1) is 18.3 Å². The van der Waals surface area contributed by atoms with Crippen LogP contribution < -0.4 is 11.1 Å². The molecule has 0 saturated heterocycles. The molecule has 1 atom stereocenters. The van der Waals surface area contributed by atoms with Gasteiger partial charge in [0, 0.05) is 17.1 Å². The molecule has 1 aromatic rings. The predicted octanol–water partition coefficient (Wildman–Crippen LogP) is 2.05. The molecule has 16 heavy (non-hydrogen) atoms. The first-order chi connectivity index (χ1) is 7.63. The van der Waals surface area contributed by atoms with E-state index in [2.05, 4.69) is 11.9 Å². The number of hydrogen-bond acceptors (Lipinski definition) is 3. The van der Waals surface area contributed by atoms with E-state index >= 15 is 0 Å². The van der Waals surface area contributed by atoms with Gasteiger partial charge in [-0.2, -0.15) is 0 Å². The largest absolute Gasteiger partial charge is 0.399 e. The molecule has 0 fully saturated rings. The Morgan fingerprint density at radius 2 is 2.44 bits per heavy atom. The molecule has 4 heteroatoms. The second kappa shape index (κ2) is 6.23. The van der Waals surface area contributed by atoms with E-state index in [0.29, 0.717) is 12.2 Å². The number of rotatable bonds is 5. The summed E-state index contributed by atoms with van der Waals surface area (Å²) < 4.78 is 0. The number of nitrogens with two attached hydrogens (primary N) is 1. The average Bonchev–Trinajstić information content (AvgIpc) is 2.25. The summed E-state index contributed by atoms with van der Waals surface area (Å²) in [6.45, 7) is 5.92. The molecule has 1 unspecified atom stereocenters. The fourth-order valence-corrected chi connectivity index (χ4v) is 2.12. The smallest absolute Gasteiger partial charge is 0.233 e. The van der Waals surface area contributed by atoms with Crippen LogP contribution in [0.5, 0.6) is 0 Å². The number of carbonyl (C=O) groups excluding carboxylic acids is 1. The average molecular weight is 236 g/mol. The minimum absolute atomic E-state index is 0.00678. The van der Waals surface area contributed by atoms with Gasteiger partial charge in [0.1, 0.15) is 0 Å². The van der Waals surface area contributed by atoms with Crippen molar-refractivity contribution in [3.05, 3.63) is 36.9 Å². The zero-order valence-electron chi connectivity index (χ0n) is 9.27. The highest BCUT2D eigenvalue weighted by atomic mass is 32.2. The number of amides is 1. The normalized spacial score (nSPS) is 11.8. The molecular weight excluding hydrogens is 220 g/mol. The van der Waals surface area contributed by atoms with Crippen molar-refractivity contribution in [1.82, 2.24) is 5.32 Å². The summed E-state index contributed by atoms with van der Waals surface area (Å²) in [7, 11) is 0. The summed E-state index contributed by atoms with van der Waals surface area (Å²) in [6, 6.07) is 7.51. The van der Waals surface area contributed by atoms with Crippen molar-refractivity contribution in [3.63, 3.8) is 0 Å². The Morgan fingerprint density at radius 1 is 1.69 bits per heavy atom. The second-order valence-electron chi connectivity index (χ2n) is 3.37. The van der Waals surface area contributed by atoms with Crippen molar-refractivity contribution in [3.8, 4) is 0 Å². The molecule has 1 amide bonds. The fourth-order valence-electron chi connectivity index (χ4n) is 1.16. The number of nitrogen functional groups attached to an aromatic ring is 1. The number of thioether (sulfide) groups is 1. The molecule has 0 saturated carbocycles. The van der Waals surface area contributed by atoms with Gasteiger partial charge in [-0.05, 0) is 25.1 Å². The van der Waals surface area contributed by atoms with E-state index in [1.807, 2.05) is 31.2 Å². The molecular formula is C12H16N2OS. The maximum Gasteiger partial charge on any atom is 0.233 e. The minimum Gasteiger partial charge on any atom is -0.399 e. The van der Waals surface area contributed by atoms with Gasteiger partial charge in [-0.25, -0.2) is 0 Å². The van der Waals surface area contributed by atoms with Gasteiger partial charge in [0.05, 0.1) is 5.25 Å². The third-order valence-electron chi connectivity index (χ3n) is 1.96. The highest BCUT2D eigenvalue weighted by Crippen LogP contribution is 2.24. The van der Waals surface area contributed by atoms with Gasteiger partial charge in [0.25, 0.3) is 0 Å².